The predicted molar refractivity (Wildman–Crippen MR) is 82.7 cm³/mol. The van der Waals surface area contributed by atoms with Gasteiger partial charge in [0.15, 0.2) is 0 Å². The van der Waals surface area contributed by atoms with Crippen LogP contribution in [0.3, 0.4) is 0 Å². The van der Waals surface area contributed by atoms with Gasteiger partial charge >= 0.3 is 0 Å². The van der Waals surface area contributed by atoms with Gasteiger partial charge in [-0.2, -0.15) is 0 Å². The first-order valence-corrected chi connectivity index (χ1v) is 7.49. The molecule has 2 heteroatoms. The van der Waals surface area contributed by atoms with E-state index in [1.807, 2.05) is 0 Å². The van der Waals surface area contributed by atoms with Crippen molar-refractivity contribution >= 4 is 0 Å². The van der Waals surface area contributed by atoms with Crippen LogP contribution in [-0.2, 0) is 6.42 Å². The standard InChI is InChI=1S/C17H29NO/c1-5-15(12-19)11-18-9-8-17-10-16(13(2)3)7-6-14(17)4/h6-7,10,13,15,18-19H,5,8-9,11-12H2,1-4H3. The molecule has 0 bridgehead atoms. The molecule has 0 amide bonds. The highest BCUT2D eigenvalue weighted by molar-refractivity contribution is 5.32. The Bertz CT molecular complexity index is 370. The maximum absolute atomic E-state index is 9.14. The number of benzene rings is 1. The van der Waals surface area contributed by atoms with E-state index < -0.39 is 0 Å². The molecule has 1 unspecified atom stereocenters. The Hall–Kier alpha value is -0.860. The third-order valence-corrected chi connectivity index (χ3v) is 3.88. The summed E-state index contributed by atoms with van der Waals surface area (Å²) < 4.78 is 0. The van der Waals surface area contributed by atoms with Crippen molar-refractivity contribution in [2.75, 3.05) is 19.7 Å². The van der Waals surface area contributed by atoms with Crippen molar-refractivity contribution in [2.45, 2.75) is 46.5 Å². The van der Waals surface area contributed by atoms with Crippen molar-refractivity contribution in [3.63, 3.8) is 0 Å². The second-order valence-corrected chi connectivity index (χ2v) is 5.75. The van der Waals surface area contributed by atoms with Gasteiger partial charge < -0.3 is 10.4 Å². The van der Waals surface area contributed by atoms with Crippen molar-refractivity contribution in [2.24, 2.45) is 5.92 Å². The molecule has 0 aliphatic heterocycles. The van der Waals surface area contributed by atoms with E-state index in [9.17, 15) is 0 Å². The van der Waals surface area contributed by atoms with Crippen LogP contribution in [0.5, 0.6) is 0 Å². The lowest BCUT2D eigenvalue weighted by Crippen LogP contribution is -2.26. The number of aliphatic hydroxyl groups excluding tert-OH is 1. The van der Waals surface area contributed by atoms with Gasteiger partial charge in [0, 0.05) is 13.2 Å². The topological polar surface area (TPSA) is 32.3 Å². The first-order chi connectivity index (χ1) is 9.08. The number of aryl methyl sites for hydroxylation is 1. The van der Waals surface area contributed by atoms with Gasteiger partial charge in [-0.3, -0.25) is 0 Å². The summed E-state index contributed by atoms with van der Waals surface area (Å²) in [7, 11) is 0. The molecule has 0 saturated carbocycles. The highest BCUT2D eigenvalue weighted by atomic mass is 16.3. The van der Waals surface area contributed by atoms with Crippen LogP contribution >= 0.6 is 0 Å². The van der Waals surface area contributed by atoms with E-state index in [2.05, 4.69) is 51.2 Å². The molecule has 1 aromatic carbocycles. The van der Waals surface area contributed by atoms with Crippen LogP contribution in [0.4, 0.5) is 0 Å². The van der Waals surface area contributed by atoms with Crippen molar-refractivity contribution in [3.05, 3.63) is 34.9 Å². The first kappa shape index (κ1) is 16.2. The Morgan fingerprint density at radius 2 is 2.00 bits per heavy atom. The molecule has 2 nitrogen and oxygen atoms in total. The maximum Gasteiger partial charge on any atom is 0.0471 e. The van der Waals surface area contributed by atoms with Crippen molar-refractivity contribution < 1.29 is 5.11 Å². The highest BCUT2D eigenvalue weighted by Crippen LogP contribution is 2.18. The minimum absolute atomic E-state index is 0.283. The number of hydrogen-bond acceptors (Lipinski definition) is 2. The molecule has 0 spiro atoms. The first-order valence-electron chi connectivity index (χ1n) is 7.49. The minimum Gasteiger partial charge on any atom is -0.396 e. The van der Waals surface area contributed by atoms with Gasteiger partial charge in [0.1, 0.15) is 0 Å². The average molecular weight is 263 g/mol. The molecular formula is C17H29NO. The zero-order chi connectivity index (χ0) is 14.3. The Labute approximate surface area is 118 Å². The number of nitrogens with one attached hydrogen (secondary N) is 1. The molecule has 0 saturated heterocycles. The normalized spacial score (nSPS) is 12.9. The Morgan fingerprint density at radius 3 is 2.58 bits per heavy atom. The zero-order valence-electron chi connectivity index (χ0n) is 12.9. The van der Waals surface area contributed by atoms with Crippen LogP contribution in [0.1, 0.15) is 49.8 Å². The molecule has 0 aromatic heterocycles. The summed E-state index contributed by atoms with van der Waals surface area (Å²) in [5.41, 5.74) is 4.23. The van der Waals surface area contributed by atoms with Crippen LogP contribution < -0.4 is 5.32 Å². The quantitative estimate of drug-likeness (QED) is 0.706. The molecule has 0 radical (unpaired) electrons. The number of aliphatic hydroxyl groups is 1. The fraction of sp³-hybridized carbons (Fsp3) is 0.647. The van der Waals surface area contributed by atoms with E-state index >= 15 is 0 Å². The Balaban J connectivity index is 2.46. The van der Waals surface area contributed by atoms with Crippen LogP contribution in [0.25, 0.3) is 0 Å². The maximum atomic E-state index is 9.14. The Morgan fingerprint density at radius 1 is 1.26 bits per heavy atom. The molecule has 108 valence electrons. The summed E-state index contributed by atoms with van der Waals surface area (Å²) in [6.45, 7) is 11.0. The molecular weight excluding hydrogens is 234 g/mol. The van der Waals surface area contributed by atoms with E-state index in [4.69, 9.17) is 5.11 Å². The second kappa shape index (κ2) is 8.34. The van der Waals surface area contributed by atoms with E-state index in [0.717, 1.165) is 25.9 Å². The summed E-state index contributed by atoms with van der Waals surface area (Å²) in [6.07, 6.45) is 2.10. The smallest absolute Gasteiger partial charge is 0.0471 e. The van der Waals surface area contributed by atoms with Crippen molar-refractivity contribution in [1.82, 2.24) is 5.32 Å². The molecule has 1 rings (SSSR count). The van der Waals surface area contributed by atoms with Gasteiger partial charge in [-0.15, -0.1) is 0 Å². The fourth-order valence-electron chi connectivity index (χ4n) is 2.19. The number of rotatable bonds is 8. The van der Waals surface area contributed by atoms with E-state index in [1.54, 1.807) is 0 Å². The zero-order valence-corrected chi connectivity index (χ0v) is 12.9. The summed E-state index contributed by atoms with van der Waals surface area (Å²) >= 11 is 0. The molecule has 19 heavy (non-hydrogen) atoms. The Kier molecular flexibility index (Phi) is 7.11. The SMILES string of the molecule is CCC(CO)CNCCc1cc(C(C)C)ccc1C. The molecule has 0 aliphatic rings. The molecule has 0 heterocycles. The molecule has 2 N–H and O–H groups in total. The lowest BCUT2D eigenvalue weighted by atomic mass is 9.96. The van der Waals surface area contributed by atoms with Crippen LogP contribution in [-0.4, -0.2) is 24.8 Å². The molecule has 1 atom stereocenters. The van der Waals surface area contributed by atoms with Gasteiger partial charge in [0.05, 0.1) is 0 Å². The highest BCUT2D eigenvalue weighted by Gasteiger charge is 2.05. The van der Waals surface area contributed by atoms with Gasteiger partial charge in [-0.05, 0) is 54.8 Å². The van der Waals surface area contributed by atoms with Crippen molar-refractivity contribution in [1.29, 1.82) is 0 Å². The lowest BCUT2D eigenvalue weighted by molar-refractivity contribution is 0.219. The van der Waals surface area contributed by atoms with Gasteiger partial charge in [-0.25, -0.2) is 0 Å². The van der Waals surface area contributed by atoms with Crippen LogP contribution in [0.2, 0.25) is 0 Å². The monoisotopic (exact) mass is 263 g/mol. The van der Waals surface area contributed by atoms with Crippen molar-refractivity contribution in [3.8, 4) is 0 Å². The molecule has 0 fully saturated rings. The molecule has 0 aliphatic carbocycles. The number of hydrogen-bond donors (Lipinski definition) is 2. The van der Waals surface area contributed by atoms with E-state index in [1.165, 1.54) is 16.7 Å². The second-order valence-electron chi connectivity index (χ2n) is 5.75. The van der Waals surface area contributed by atoms with Gasteiger partial charge in [0.2, 0.25) is 0 Å². The van der Waals surface area contributed by atoms with E-state index in [0.29, 0.717) is 11.8 Å². The summed E-state index contributed by atoms with van der Waals surface area (Å²) in [6, 6.07) is 6.80. The van der Waals surface area contributed by atoms with Gasteiger partial charge in [-0.1, -0.05) is 39.0 Å². The summed E-state index contributed by atoms with van der Waals surface area (Å²) in [4.78, 5) is 0. The van der Waals surface area contributed by atoms with Gasteiger partial charge in [0.25, 0.3) is 0 Å². The minimum atomic E-state index is 0.283. The van der Waals surface area contributed by atoms with Crippen LogP contribution in [0, 0.1) is 12.8 Å². The average Bonchev–Trinajstić information content (AvgIpc) is 2.40. The third kappa shape index (κ3) is 5.33. The summed E-state index contributed by atoms with van der Waals surface area (Å²) in [5, 5.41) is 12.6. The van der Waals surface area contributed by atoms with E-state index in [-0.39, 0.29) is 6.61 Å². The molecule has 1 aromatic rings. The summed E-state index contributed by atoms with van der Waals surface area (Å²) in [5.74, 6) is 0.981. The predicted octanol–water partition coefficient (Wildman–Crippen LogP) is 3.27. The van der Waals surface area contributed by atoms with Crippen LogP contribution in [0.15, 0.2) is 18.2 Å². The third-order valence-electron chi connectivity index (χ3n) is 3.88. The lowest BCUT2D eigenvalue weighted by Gasteiger charge is -2.14. The largest absolute Gasteiger partial charge is 0.396 e. The fourth-order valence-corrected chi connectivity index (χ4v) is 2.19.